The van der Waals surface area contributed by atoms with Gasteiger partial charge in [-0.15, -0.1) is 0 Å². The molecule has 2 rings (SSSR count). The first-order valence-electron chi connectivity index (χ1n) is 4.18. The molecule has 1 aromatic rings. The van der Waals surface area contributed by atoms with E-state index in [1.165, 1.54) is 0 Å². The van der Waals surface area contributed by atoms with Crippen molar-refractivity contribution < 1.29 is 14.6 Å². The summed E-state index contributed by atoms with van der Waals surface area (Å²) >= 11 is 3.34. The summed E-state index contributed by atoms with van der Waals surface area (Å²) in [5.41, 5.74) is 6.48. The monoisotopic (exact) mass is 259 g/mol. The lowest BCUT2D eigenvalue weighted by Crippen LogP contribution is -2.15. The molecule has 76 valence electrons. The fourth-order valence-electron chi connectivity index (χ4n) is 1.37. The Kier molecular flexibility index (Phi) is 2.62. The van der Waals surface area contributed by atoms with Crippen LogP contribution in [-0.4, -0.2) is 18.5 Å². The number of hydrogen-bond donors (Lipinski definition) is 2. The van der Waals surface area contributed by atoms with Gasteiger partial charge in [-0.3, -0.25) is 0 Å². The van der Waals surface area contributed by atoms with Crippen molar-refractivity contribution in [2.24, 2.45) is 5.73 Å². The third kappa shape index (κ3) is 1.47. The van der Waals surface area contributed by atoms with Crippen LogP contribution in [0.1, 0.15) is 11.6 Å². The van der Waals surface area contributed by atoms with Gasteiger partial charge in [0.2, 0.25) is 6.79 Å². The first kappa shape index (κ1) is 9.76. The molecule has 1 heterocycles. The molecule has 1 unspecified atom stereocenters. The molecule has 0 bridgehead atoms. The van der Waals surface area contributed by atoms with Crippen molar-refractivity contribution in [3.8, 4) is 11.5 Å². The molecule has 0 aliphatic carbocycles. The minimum absolute atomic E-state index is 0.114. The lowest BCUT2D eigenvalue weighted by molar-refractivity contribution is 0.171. The van der Waals surface area contributed by atoms with Gasteiger partial charge < -0.3 is 20.3 Å². The van der Waals surface area contributed by atoms with Crippen LogP contribution < -0.4 is 15.2 Å². The number of fused-ring (bicyclic) bond motifs is 1. The van der Waals surface area contributed by atoms with Crippen molar-refractivity contribution in [1.29, 1.82) is 0 Å². The molecule has 1 aliphatic rings. The van der Waals surface area contributed by atoms with E-state index in [4.69, 9.17) is 20.3 Å². The van der Waals surface area contributed by atoms with Gasteiger partial charge in [-0.05, 0) is 22.0 Å². The molecule has 14 heavy (non-hydrogen) atoms. The zero-order valence-electron chi connectivity index (χ0n) is 7.37. The summed E-state index contributed by atoms with van der Waals surface area (Å²) < 4.78 is 11.4. The summed E-state index contributed by atoms with van der Waals surface area (Å²) in [4.78, 5) is 0. The van der Waals surface area contributed by atoms with Gasteiger partial charge in [0.1, 0.15) is 0 Å². The lowest BCUT2D eigenvalue weighted by Gasteiger charge is -2.11. The van der Waals surface area contributed by atoms with E-state index in [2.05, 4.69) is 15.9 Å². The van der Waals surface area contributed by atoms with E-state index < -0.39 is 6.04 Å². The molecule has 5 heteroatoms. The van der Waals surface area contributed by atoms with Crippen LogP contribution in [0.2, 0.25) is 0 Å². The number of hydrogen-bond acceptors (Lipinski definition) is 4. The van der Waals surface area contributed by atoms with Crippen molar-refractivity contribution in [3.05, 3.63) is 22.2 Å². The number of aliphatic hydroxyl groups is 1. The average Bonchev–Trinajstić information content (AvgIpc) is 2.67. The van der Waals surface area contributed by atoms with Gasteiger partial charge in [-0.1, -0.05) is 6.07 Å². The predicted molar refractivity (Wildman–Crippen MR) is 54.3 cm³/mol. The van der Waals surface area contributed by atoms with E-state index in [0.29, 0.717) is 11.5 Å². The summed E-state index contributed by atoms with van der Waals surface area (Å²) in [7, 11) is 0. The van der Waals surface area contributed by atoms with Crippen molar-refractivity contribution in [2.45, 2.75) is 6.04 Å². The number of halogens is 1. The number of aliphatic hydroxyl groups excluding tert-OH is 1. The van der Waals surface area contributed by atoms with Gasteiger partial charge >= 0.3 is 0 Å². The highest BCUT2D eigenvalue weighted by molar-refractivity contribution is 9.10. The van der Waals surface area contributed by atoms with Crippen LogP contribution >= 0.6 is 15.9 Å². The first-order chi connectivity index (χ1) is 6.74. The second-order valence-corrected chi connectivity index (χ2v) is 3.84. The fourth-order valence-corrected chi connectivity index (χ4v) is 1.80. The Morgan fingerprint density at radius 1 is 1.43 bits per heavy atom. The van der Waals surface area contributed by atoms with Crippen LogP contribution in [0, 0.1) is 0 Å². The second-order valence-electron chi connectivity index (χ2n) is 2.99. The Hall–Kier alpha value is -0.780. The zero-order valence-corrected chi connectivity index (χ0v) is 8.95. The largest absolute Gasteiger partial charge is 0.453 e. The van der Waals surface area contributed by atoms with Gasteiger partial charge in [0.25, 0.3) is 0 Å². The van der Waals surface area contributed by atoms with E-state index in [1.54, 1.807) is 0 Å². The summed E-state index contributed by atoms with van der Waals surface area (Å²) in [6.45, 7) is 0.0839. The zero-order chi connectivity index (χ0) is 10.1. The highest BCUT2D eigenvalue weighted by Crippen LogP contribution is 2.43. The Bertz CT molecular complexity index is 356. The summed E-state index contributed by atoms with van der Waals surface area (Å²) in [6.07, 6.45) is 0. The SMILES string of the molecule is NC(CO)c1ccc(Br)c2c1OCO2. The Balaban J connectivity index is 2.48. The van der Waals surface area contributed by atoms with E-state index in [-0.39, 0.29) is 13.4 Å². The highest BCUT2D eigenvalue weighted by Gasteiger charge is 2.23. The number of rotatable bonds is 2. The molecule has 1 aliphatic heterocycles. The molecule has 0 radical (unpaired) electrons. The van der Waals surface area contributed by atoms with Gasteiger partial charge in [0, 0.05) is 5.56 Å². The summed E-state index contributed by atoms with van der Waals surface area (Å²) in [5.74, 6) is 1.28. The maximum Gasteiger partial charge on any atom is 0.231 e. The highest BCUT2D eigenvalue weighted by atomic mass is 79.9. The third-order valence-electron chi connectivity index (χ3n) is 2.10. The molecular weight excluding hydrogens is 250 g/mol. The Morgan fingerprint density at radius 2 is 2.14 bits per heavy atom. The van der Waals surface area contributed by atoms with Crippen molar-refractivity contribution in [2.75, 3.05) is 13.4 Å². The third-order valence-corrected chi connectivity index (χ3v) is 2.72. The molecule has 0 aromatic heterocycles. The first-order valence-corrected chi connectivity index (χ1v) is 4.97. The van der Waals surface area contributed by atoms with Gasteiger partial charge in [-0.2, -0.15) is 0 Å². The van der Waals surface area contributed by atoms with Crippen LogP contribution in [0.4, 0.5) is 0 Å². The predicted octanol–water partition coefficient (Wildman–Crippen LogP) is 1.17. The average molecular weight is 260 g/mol. The van der Waals surface area contributed by atoms with Gasteiger partial charge in [0.15, 0.2) is 11.5 Å². The van der Waals surface area contributed by atoms with E-state index in [0.717, 1.165) is 10.0 Å². The molecule has 0 saturated heterocycles. The van der Waals surface area contributed by atoms with Crippen molar-refractivity contribution >= 4 is 15.9 Å². The molecule has 0 fully saturated rings. The number of benzene rings is 1. The van der Waals surface area contributed by atoms with Crippen LogP contribution in [0.5, 0.6) is 11.5 Å². The summed E-state index contributed by atoms with van der Waals surface area (Å²) in [6, 6.07) is 3.22. The molecule has 0 spiro atoms. The topological polar surface area (TPSA) is 64.7 Å². The minimum Gasteiger partial charge on any atom is -0.453 e. The quantitative estimate of drug-likeness (QED) is 0.837. The second kappa shape index (κ2) is 3.76. The van der Waals surface area contributed by atoms with Crippen LogP contribution in [0.15, 0.2) is 16.6 Å². The maximum absolute atomic E-state index is 8.96. The molecule has 0 saturated carbocycles. The molecule has 0 amide bonds. The molecule has 3 N–H and O–H groups in total. The molecule has 1 atom stereocenters. The smallest absolute Gasteiger partial charge is 0.231 e. The van der Waals surface area contributed by atoms with Crippen LogP contribution in [-0.2, 0) is 0 Å². The lowest BCUT2D eigenvalue weighted by atomic mass is 10.1. The Morgan fingerprint density at radius 3 is 2.86 bits per heavy atom. The minimum atomic E-state index is -0.432. The van der Waals surface area contributed by atoms with Gasteiger partial charge in [0.05, 0.1) is 17.1 Å². The summed E-state index contributed by atoms with van der Waals surface area (Å²) in [5, 5.41) is 8.96. The number of nitrogens with two attached hydrogens (primary N) is 1. The molecular formula is C9H10BrNO3. The van der Waals surface area contributed by atoms with E-state index in [9.17, 15) is 0 Å². The maximum atomic E-state index is 8.96. The van der Waals surface area contributed by atoms with Crippen molar-refractivity contribution in [1.82, 2.24) is 0 Å². The van der Waals surface area contributed by atoms with Crippen LogP contribution in [0.25, 0.3) is 0 Å². The fraction of sp³-hybridized carbons (Fsp3) is 0.333. The van der Waals surface area contributed by atoms with E-state index >= 15 is 0 Å². The normalized spacial score (nSPS) is 15.6. The van der Waals surface area contributed by atoms with Gasteiger partial charge in [-0.25, -0.2) is 0 Å². The Labute approximate surface area is 89.7 Å². The standard InChI is InChI=1S/C9H10BrNO3/c10-6-2-1-5(7(11)3-12)8-9(6)14-4-13-8/h1-2,7,12H,3-4,11H2. The van der Waals surface area contributed by atoms with Crippen molar-refractivity contribution in [3.63, 3.8) is 0 Å². The van der Waals surface area contributed by atoms with Crippen LogP contribution in [0.3, 0.4) is 0 Å². The number of ether oxygens (including phenoxy) is 2. The van der Waals surface area contributed by atoms with E-state index in [1.807, 2.05) is 12.1 Å². The molecule has 1 aromatic carbocycles. The molecule has 4 nitrogen and oxygen atoms in total.